The van der Waals surface area contributed by atoms with E-state index in [1.807, 2.05) is 0 Å². The van der Waals surface area contributed by atoms with Gasteiger partial charge >= 0.3 is 0 Å². The highest BCUT2D eigenvalue weighted by molar-refractivity contribution is 5.53. The summed E-state index contributed by atoms with van der Waals surface area (Å²) in [5, 5.41) is 9.22. The molecule has 1 aromatic carbocycles. The van der Waals surface area contributed by atoms with E-state index >= 15 is 0 Å². The number of nitrogen functional groups attached to an aromatic ring is 1. The first-order valence-corrected chi connectivity index (χ1v) is 3.69. The Kier molecular flexibility index (Phi) is 2.52. The van der Waals surface area contributed by atoms with Crippen LogP contribution in [0.25, 0.3) is 0 Å². The minimum absolute atomic E-state index is 0.0522. The molecule has 0 aliphatic heterocycles. The Balaban J connectivity index is 2.96. The van der Waals surface area contributed by atoms with Gasteiger partial charge in [0.25, 0.3) is 0 Å². The van der Waals surface area contributed by atoms with E-state index in [2.05, 4.69) is 0 Å². The van der Waals surface area contributed by atoms with Gasteiger partial charge in [0.15, 0.2) is 0 Å². The van der Waals surface area contributed by atoms with Crippen molar-refractivity contribution in [2.24, 2.45) is 11.5 Å². The second-order valence-corrected chi connectivity index (χ2v) is 2.66. The van der Waals surface area contributed by atoms with Crippen molar-refractivity contribution in [1.82, 2.24) is 0 Å². The fourth-order valence-corrected chi connectivity index (χ4v) is 0.927. The van der Waals surface area contributed by atoms with Gasteiger partial charge in [-0.25, -0.2) is 0 Å². The van der Waals surface area contributed by atoms with Crippen LogP contribution in [0.3, 0.4) is 0 Å². The average molecular weight is 167 g/mol. The maximum atomic E-state index is 9.22. The largest absolute Gasteiger partial charge is 0.506 e. The minimum Gasteiger partial charge on any atom is -0.506 e. The molecule has 0 spiro atoms. The van der Waals surface area contributed by atoms with Crippen LogP contribution in [0.1, 0.15) is 11.6 Å². The van der Waals surface area contributed by atoms with Crippen LogP contribution in [0, 0.1) is 0 Å². The molecule has 0 aromatic heterocycles. The number of nitrogens with two attached hydrogens (primary N) is 3. The average Bonchev–Trinajstić information content (AvgIpc) is 2.08. The van der Waals surface area contributed by atoms with E-state index in [1.54, 1.807) is 12.1 Å². The predicted octanol–water partition coefficient (Wildman–Crippen LogP) is -0.0671. The minimum atomic E-state index is -0.239. The molecule has 1 unspecified atom stereocenters. The van der Waals surface area contributed by atoms with Gasteiger partial charge in [0.2, 0.25) is 0 Å². The van der Waals surface area contributed by atoms with Crippen LogP contribution in [0.2, 0.25) is 0 Å². The van der Waals surface area contributed by atoms with E-state index in [-0.39, 0.29) is 11.8 Å². The summed E-state index contributed by atoms with van der Waals surface area (Å²) in [6.45, 7) is 0.351. The molecule has 4 nitrogen and oxygen atoms in total. The third kappa shape index (κ3) is 1.66. The Labute approximate surface area is 71.0 Å². The van der Waals surface area contributed by atoms with Crippen LogP contribution in [0.15, 0.2) is 18.2 Å². The molecule has 7 N–H and O–H groups in total. The number of phenols is 1. The van der Waals surface area contributed by atoms with Crippen LogP contribution in [0.5, 0.6) is 5.75 Å². The van der Waals surface area contributed by atoms with Crippen LogP contribution >= 0.6 is 0 Å². The molecule has 0 saturated carbocycles. The molecule has 0 aliphatic carbocycles. The van der Waals surface area contributed by atoms with Gasteiger partial charge < -0.3 is 22.3 Å². The maximum Gasteiger partial charge on any atom is 0.138 e. The van der Waals surface area contributed by atoms with Crippen LogP contribution in [-0.2, 0) is 0 Å². The Bertz CT molecular complexity index is 275. The zero-order valence-electron chi connectivity index (χ0n) is 6.70. The van der Waals surface area contributed by atoms with Gasteiger partial charge in [-0.15, -0.1) is 0 Å². The molecule has 0 fully saturated rings. The number of phenolic OH excluding ortho intramolecular Hbond substituents is 1. The van der Waals surface area contributed by atoms with Crippen molar-refractivity contribution in [2.45, 2.75) is 6.04 Å². The van der Waals surface area contributed by atoms with Gasteiger partial charge in [-0.3, -0.25) is 0 Å². The van der Waals surface area contributed by atoms with Crippen molar-refractivity contribution in [3.05, 3.63) is 23.8 Å². The molecule has 12 heavy (non-hydrogen) atoms. The first-order chi connectivity index (χ1) is 5.65. The van der Waals surface area contributed by atoms with Crippen LogP contribution in [-0.4, -0.2) is 11.7 Å². The Hall–Kier alpha value is -1.26. The van der Waals surface area contributed by atoms with Gasteiger partial charge in [-0.2, -0.15) is 0 Å². The fourth-order valence-electron chi connectivity index (χ4n) is 0.927. The van der Waals surface area contributed by atoms with Crippen molar-refractivity contribution in [3.63, 3.8) is 0 Å². The molecule has 0 radical (unpaired) electrons. The first-order valence-electron chi connectivity index (χ1n) is 3.69. The number of aromatic hydroxyl groups is 1. The summed E-state index contributed by atoms with van der Waals surface area (Å²) in [4.78, 5) is 0. The normalized spacial score (nSPS) is 12.8. The molecule has 1 rings (SSSR count). The van der Waals surface area contributed by atoms with E-state index in [1.165, 1.54) is 6.07 Å². The summed E-state index contributed by atoms with van der Waals surface area (Å²) < 4.78 is 0. The summed E-state index contributed by atoms with van der Waals surface area (Å²) in [6.07, 6.45) is 0. The smallest absolute Gasteiger partial charge is 0.138 e. The molecule has 0 saturated heterocycles. The zero-order chi connectivity index (χ0) is 9.14. The summed E-state index contributed by atoms with van der Waals surface area (Å²) in [7, 11) is 0. The van der Waals surface area contributed by atoms with E-state index in [9.17, 15) is 5.11 Å². The van der Waals surface area contributed by atoms with E-state index in [0.717, 1.165) is 5.56 Å². The first kappa shape index (κ1) is 8.83. The van der Waals surface area contributed by atoms with Gasteiger partial charge in [-0.1, -0.05) is 6.07 Å². The summed E-state index contributed by atoms with van der Waals surface area (Å²) in [6, 6.07) is 4.66. The number of hydrogen-bond acceptors (Lipinski definition) is 4. The lowest BCUT2D eigenvalue weighted by molar-refractivity contribution is 0.476. The lowest BCUT2D eigenvalue weighted by Gasteiger charge is -2.09. The Morgan fingerprint density at radius 1 is 1.42 bits per heavy atom. The molecule has 0 heterocycles. The molecule has 0 aliphatic rings. The highest BCUT2D eigenvalue weighted by Gasteiger charge is 2.05. The van der Waals surface area contributed by atoms with Crippen LogP contribution in [0.4, 0.5) is 5.69 Å². The molecule has 4 heteroatoms. The van der Waals surface area contributed by atoms with Crippen molar-refractivity contribution in [2.75, 3.05) is 12.3 Å². The SMILES string of the molecule is NCC(N)c1ccc(N)c(O)c1. The summed E-state index contributed by atoms with van der Waals surface area (Å²) in [5.41, 5.74) is 17.5. The highest BCUT2D eigenvalue weighted by atomic mass is 16.3. The molecular weight excluding hydrogens is 154 g/mol. The van der Waals surface area contributed by atoms with E-state index in [0.29, 0.717) is 12.2 Å². The molecule has 1 atom stereocenters. The zero-order valence-corrected chi connectivity index (χ0v) is 6.70. The predicted molar refractivity (Wildman–Crippen MR) is 48.5 cm³/mol. The third-order valence-corrected chi connectivity index (χ3v) is 1.74. The van der Waals surface area contributed by atoms with Crippen molar-refractivity contribution in [1.29, 1.82) is 0 Å². The van der Waals surface area contributed by atoms with Crippen molar-refractivity contribution >= 4 is 5.69 Å². The molecular formula is C8H13N3O. The Morgan fingerprint density at radius 2 is 2.08 bits per heavy atom. The van der Waals surface area contributed by atoms with Crippen LogP contribution < -0.4 is 17.2 Å². The summed E-state index contributed by atoms with van der Waals surface area (Å²) >= 11 is 0. The van der Waals surface area contributed by atoms with Gasteiger partial charge in [0.1, 0.15) is 5.75 Å². The van der Waals surface area contributed by atoms with E-state index < -0.39 is 0 Å². The monoisotopic (exact) mass is 167 g/mol. The van der Waals surface area contributed by atoms with Crippen molar-refractivity contribution < 1.29 is 5.11 Å². The van der Waals surface area contributed by atoms with E-state index in [4.69, 9.17) is 17.2 Å². The number of anilines is 1. The third-order valence-electron chi connectivity index (χ3n) is 1.74. The van der Waals surface area contributed by atoms with Gasteiger partial charge in [-0.05, 0) is 17.7 Å². The number of benzene rings is 1. The molecule has 66 valence electrons. The molecule has 0 amide bonds. The van der Waals surface area contributed by atoms with Crippen molar-refractivity contribution in [3.8, 4) is 5.75 Å². The fraction of sp³-hybridized carbons (Fsp3) is 0.250. The second kappa shape index (κ2) is 3.42. The standard InChI is InChI=1S/C8H13N3O/c9-4-7(11)5-1-2-6(10)8(12)3-5/h1-3,7,12H,4,9-11H2. The second-order valence-electron chi connectivity index (χ2n) is 2.66. The summed E-state index contributed by atoms with van der Waals surface area (Å²) in [5.74, 6) is 0.0522. The maximum absolute atomic E-state index is 9.22. The molecule has 1 aromatic rings. The lowest BCUT2D eigenvalue weighted by Crippen LogP contribution is -2.20. The topological polar surface area (TPSA) is 98.3 Å². The highest BCUT2D eigenvalue weighted by Crippen LogP contribution is 2.22. The van der Waals surface area contributed by atoms with Gasteiger partial charge in [0.05, 0.1) is 5.69 Å². The molecule has 0 bridgehead atoms. The Morgan fingerprint density at radius 3 is 2.58 bits per heavy atom. The number of rotatable bonds is 2. The number of hydrogen-bond donors (Lipinski definition) is 4. The lowest BCUT2D eigenvalue weighted by atomic mass is 10.1. The van der Waals surface area contributed by atoms with Gasteiger partial charge in [0, 0.05) is 12.6 Å². The quantitative estimate of drug-likeness (QED) is 0.366.